The second-order valence-corrected chi connectivity index (χ2v) is 5.47. The Bertz CT molecular complexity index is 510. The van der Waals surface area contributed by atoms with Gasteiger partial charge in [-0.2, -0.15) is 0 Å². The van der Waals surface area contributed by atoms with Crippen LogP contribution in [0.4, 0.5) is 0 Å². The number of benzene rings is 1. The first-order valence-electron chi connectivity index (χ1n) is 6.79. The van der Waals surface area contributed by atoms with Gasteiger partial charge in [0.1, 0.15) is 0 Å². The first-order valence-corrected chi connectivity index (χ1v) is 6.79. The SMILES string of the molecule is CC(C)[C@H]1c2ccccc2CCc2cccnc21. The molecule has 1 aromatic heterocycles. The van der Waals surface area contributed by atoms with Gasteiger partial charge in [-0.25, -0.2) is 0 Å². The Labute approximate surface area is 109 Å². The minimum Gasteiger partial charge on any atom is -0.260 e. The molecule has 0 saturated carbocycles. The fraction of sp³-hybridized carbons (Fsp3) is 0.353. The molecule has 1 nitrogen and oxygen atoms in total. The van der Waals surface area contributed by atoms with Crippen LogP contribution in [0.5, 0.6) is 0 Å². The van der Waals surface area contributed by atoms with Crippen molar-refractivity contribution < 1.29 is 0 Å². The molecule has 18 heavy (non-hydrogen) atoms. The Hall–Kier alpha value is -1.63. The Morgan fingerprint density at radius 2 is 1.72 bits per heavy atom. The Morgan fingerprint density at radius 1 is 1.00 bits per heavy atom. The predicted octanol–water partition coefficient (Wildman–Crippen LogP) is 3.97. The first kappa shape index (κ1) is 11.5. The van der Waals surface area contributed by atoms with Crippen LogP contribution in [0.15, 0.2) is 42.6 Å². The van der Waals surface area contributed by atoms with Crippen molar-refractivity contribution in [2.45, 2.75) is 32.6 Å². The largest absolute Gasteiger partial charge is 0.260 e. The number of hydrogen-bond donors (Lipinski definition) is 0. The first-order chi connectivity index (χ1) is 8.77. The number of pyridine rings is 1. The van der Waals surface area contributed by atoms with Gasteiger partial charge in [0.25, 0.3) is 0 Å². The van der Waals surface area contributed by atoms with E-state index < -0.39 is 0 Å². The van der Waals surface area contributed by atoms with Gasteiger partial charge in [0.05, 0.1) is 5.69 Å². The topological polar surface area (TPSA) is 12.9 Å². The molecule has 0 aliphatic heterocycles. The molecule has 3 rings (SSSR count). The molecule has 1 heterocycles. The van der Waals surface area contributed by atoms with E-state index in [1.807, 2.05) is 6.20 Å². The van der Waals surface area contributed by atoms with Crippen LogP contribution >= 0.6 is 0 Å². The van der Waals surface area contributed by atoms with Gasteiger partial charge in [-0.3, -0.25) is 4.98 Å². The summed E-state index contributed by atoms with van der Waals surface area (Å²) >= 11 is 0. The lowest BCUT2D eigenvalue weighted by molar-refractivity contribution is 0.550. The molecule has 2 aromatic rings. The van der Waals surface area contributed by atoms with Crippen molar-refractivity contribution in [2.75, 3.05) is 0 Å². The summed E-state index contributed by atoms with van der Waals surface area (Å²) in [6.07, 6.45) is 4.18. The van der Waals surface area contributed by atoms with E-state index in [0.717, 1.165) is 12.8 Å². The van der Waals surface area contributed by atoms with Crippen molar-refractivity contribution in [1.82, 2.24) is 4.98 Å². The van der Waals surface area contributed by atoms with E-state index in [4.69, 9.17) is 0 Å². The summed E-state index contributed by atoms with van der Waals surface area (Å²) in [4.78, 5) is 4.68. The van der Waals surface area contributed by atoms with Gasteiger partial charge in [-0.05, 0) is 41.5 Å². The van der Waals surface area contributed by atoms with E-state index in [1.54, 1.807) is 0 Å². The number of aryl methyl sites for hydroxylation is 2. The second-order valence-electron chi connectivity index (χ2n) is 5.47. The molecular weight excluding hydrogens is 218 g/mol. The highest BCUT2D eigenvalue weighted by atomic mass is 14.7. The molecule has 0 saturated heterocycles. The third kappa shape index (κ3) is 1.84. The lowest BCUT2D eigenvalue weighted by Gasteiger charge is -2.22. The van der Waals surface area contributed by atoms with Crippen molar-refractivity contribution in [2.24, 2.45) is 5.92 Å². The fourth-order valence-electron chi connectivity index (χ4n) is 3.10. The number of aromatic nitrogens is 1. The molecule has 0 fully saturated rings. The van der Waals surface area contributed by atoms with Crippen LogP contribution in [0.2, 0.25) is 0 Å². The monoisotopic (exact) mass is 237 g/mol. The predicted molar refractivity (Wildman–Crippen MR) is 74.8 cm³/mol. The van der Waals surface area contributed by atoms with Crippen molar-refractivity contribution in [3.63, 3.8) is 0 Å². The standard InChI is InChI=1S/C17H19N/c1-12(2)16-15-8-4-3-6-13(15)9-10-14-7-5-11-18-17(14)16/h3-8,11-12,16H,9-10H2,1-2H3/t16-/m0/s1. The summed E-state index contributed by atoms with van der Waals surface area (Å²) in [6, 6.07) is 13.2. The van der Waals surface area contributed by atoms with E-state index >= 15 is 0 Å². The maximum Gasteiger partial charge on any atom is 0.0513 e. The number of hydrogen-bond acceptors (Lipinski definition) is 1. The minimum absolute atomic E-state index is 0.444. The highest BCUT2D eigenvalue weighted by molar-refractivity contribution is 5.42. The lowest BCUT2D eigenvalue weighted by Crippen LogP contribution is -2.12. The summed E-state index contributed by atoms with van der Waals surface area (Å²) < 4.78 is 0. The quantitative estimate of drug-likeness (QED) is 0.731. The van der Waals surface area contributed by atoms with Gasteiger partial charge >= 0.3 is 0 Å². The van der Waals surface area contributed by atoms with Crippen LogP contribution in [0.25, 0.3) is 0 Å². The molecule has 0 spiro atoms. The van der Waals surface area contributed by atoms with Crippen LogP contribution in [0.3, 0.4) is 0 Å². The molecule has 0 amide bonds. The summed E-state index contributed by atoms with van der Waals surface area (Å²) in [5, 5.41) is 0. The zero-order valence-corrected chi connectivity index (χ0v) is 11.1. The Morgan fingerprint density at radius 3 is 2.56 bits per heavy atom. The normalized spacial score (nSPS) is 18.1. The molecule has 1 aromatic carbocycles. The van der Waals surface area contributed by atoms with Crippen molar-refractivity contribution in [3.8, 4) is 0 Å². The van der Waals surface area contributed by atoms with Crippen LogP contribution in [0.1, 0.15) is 42.1 Å². The second kappa shape index (κ2) is 4.56. The Balaban J connectivity index is 2.21. The van der Waals surface area contributed by atoms with Gasteiger partial charge in [0, 0.05) is 12.1 Å². The molecular formula is C17H19N. The minimum atomic E-state index is 0.444. The summed E-state index contributed by atoms with van der Waals surface area (Å²) in [6.45, 7) is 4.59. The number of nitrogens with zero attached hydrogens (tertiary/aromatic N) is 1. The van der Waals surface area contributed by atoms with Crippen LogP contribution in [0, 0.1) is 5.92 Å². The highest BCUT2D eigenvalue weighted by Crippen LogP contribution is 2.37. The van der Waals surface area contributed by atoms with Gasteiger partial charge in [-0.15, -0.1) is 0 Å². The molecule has 0 radical (unpaired) electrons. The smallest absolute Gasteiger partial charge is 0.0513 e. The van der Waals surface area contributed by atoms with E-state index in [-0.39, 0.29) is 0 Å². The molecule has 92 valence electrons. The number of rotatable bonds is 1. The van der Waals surface area contributed by atoms with E-state index in [2.05, 4.69) is 55.2 Å². The van der Waals surface area contributed by atoms with E-state index in [9.17, 15) is 0 Å². The lowest BCUT2D eigenvalue weighted by atomic mass is 9.83. The van der Waals surface area contributed by atoms with Crippen LogP contribution in [-0.4, -0.2) is 4.98 Å². The molecule has 1 heteroatoms. The molecule has 1 atom stereocenters. The molecule has 1 aliphatic carbocycles. The van der Waals surface area contributed by atoms with E-state index in [0.29, 0.717) is 11.8 Å². The maximum atomic E-state index is 4.68. The molecule has 0 N–H and O–H groups in total. The van der Waals surface area contributed by atoms with Crippen molar-refractivity contribution in [3.05, 3.63) is 65.0 Å². The average Bonchev–Trinajstić information content (AvgIpc) is 2.55. The number of fused-ring (bicyclic) bond motifs is 2. The fourth-order valence-corrected chi connectivity index (χ4v) is 3.10. The average molecular weight is 237 g/mol. The van der Waals surface area contributed by atoms with Gasteiger partial charge in [-0.1, -0.05) is 44.2 Å². The third-order valence-electron chi connectivity index (χ3n) is 3.94. The van der Waals surface area contributed by atoms with Gasteiger partial charge in [0.15, 0.2) is 0 Å². The third-order valence-corrected chi connectivity index (χ3v) is 3.94. The van der Waals surface area contributed by atoms with Crippen molar-refractivity contribution in [1.29, 1.82) is 0 Å². The van der Waals surface area contributed by atoms with Gasteiger partial charge < -0.3 is 0 Å². The van der Waals surface area contributed by atoms with Crippen LogP contribution in [-0.2, 0) is 12.8 Å². The molecule has 0 unspecified atom stereocenters. The molecule has 1 aliphatic rings. The van der Waals surface area contributed by atoms with E-state index in [1.165, 1.54) is 22.4 Å². The van der Waals surface area contributed by atoms with Crippen LogP contribution < -0.4 is 0 Å². The Kier molecular flexibility index (Phi) is 2.91. The summed E-state index contributed by atoms with van der Waals surface area (Å²) in [5.41, 5.74) is 5.68. The van der Waals surface area contributed by atoms with Crippen molar-refractivity contribution >= 4 is 0 Å². The maximum absolute atomic E-state index is 4.68. The zero-order chi connectivity index (χ0) is 12.5. The summed E-state index contributed by atoms with van der Waals surface area (Å²) in [5.74, 6) is 1.03. The zero-order valence-electron chi connectivity index (χ0n) is 11.1. The van der Waals surface area contributed by atoms with Gasteiger partial charge in [0.2, 0.25) is 0 Å². The highest BCUT2D eigenvalue weighted by Gasteiger charge is 2.26. The molecule has 0 bridgehead atoms. The summed E-state index contributed by atoms with van der Waals surface area (Å²) in [7, 11) is 0.